The van der Waals surface area contributed by atoms with Crippen LogP contribution in [0.2, 0.25) is 0 Å². The molecule has 21 heavy (non-hydrogen) atoms. The van der Waals surface area contributed by atoms with E-state index in [1.54, 1.807) is 13.0 Å². The zero-order valence-electron chi connectivity index (χ0n) is 11.9. The number of nitrogens with one attached hydrogen (secondary N) is 1. The van der Waals surface area contributed by atoms with Crippen LogP contribution in [0.3, 0.4) is 0 Å². The molecule has 5 heteroatoms. The van der Waals surface area contributed by atoms with Crippen molar-refractivity contribution in [2.75, 3.05) is 5.32 Å². The van der Waals surface area contributed by atoms with Crippen molar-refractivity contribution in [3.8, 4) is 0 Å². The number of hydrogen-bond acceptors (Lipinski definition) is 3. The van der Waals surface area contributed by atoms with Crippen LogP contribution in [-0.4, -0.2) is 10.8 Å². The first-order chi connectivity index (χ1) is 9.97. The van der Waals surface area contributed by atoms with Gasteiger partial charge < -0.3 is 5.32 Å². The van der Waals surface area contributed by atoms with Gasteiger partial charge in [0, 0.05) is 12.1 Å². The van der Waals surface area contributed by atoms with Crippen molar-refractivity contribution in [3.05, 3.63) is 69.3 Å². The number of amides is 1. The lowest BCUT2D eigenvalue weighted by Gasteiger charge is -2.09. The number of carbonyl (C=O) groups excluding carboxylic acids is 1. The molecule has 5 nitrogen and oxygen atoms in total. The van der Waals surface area contributed by atoms with Crippen LogP contribution in [0.1, 0.15) is 16.7 Å². The van der Waals surface area contributed by atoms with Gasteiger partial charge in [-0.1, -0.05) is 30.3 Å². The Hall–Kier alpha value is -2.69. The highest BCUT2D eigenvalue weighted by atomic mass is 16.6. The fourth-order valence-corrected chi connectivity index (χ4v) is 2.03. The Morgan fingerprint density at radius 3 is 2.52 bits per heavy atom. The molecule has 2 aromatic carbocycles. The summed E-state index contributed by atoms with van der Waals surface area (Å²) in [5.41, 5.74) is 3.22. The van der Waals surface area contributed by atoms with Gasteiger partial charge in [-0.05, 0) is 30.5 Å². The summed E-state index contributed by atoms with van der Waals surface area (Å²) in [4.78, 5) is 22.4. The van der Waals surface area contributed by atoms with E-state index < -0.39 is 4.92 Å². The summed E-state index contributed by atoms with van der Waals surface area (Å²) >= 11 is 0. The number of aryl methyl sites for hydroxylation is 2. The van der Waals surface area contributed by atoms with Crippen molar-refractivity contribution >= 4 is 17.3 Å². The number of rotatable bonds is 4. The molecule has 0 atom stereocenters. The highest BCUT2D eigenvalue weighted by molar-refractivity contribution is 5.93. The molecule has 0 bridgehead atoms. The molecule has 2 rings (SSSR count). The molecule has 1 N–H and O–H groups in total. The molecule has 1 amide bonds. The molecule has 0 aromatic heterocycles. The average Bonchev–Trinajstić information content (AvgIpc) is 2.43. The molecule has 0 aliphatic carbocycles. The SMILES string of the molecule is Cc1ccccc1CC(=O)Nc1cc([N+](=O)[O-])ccc1C. The van der Waals surface area contributed by atoms with Gasteiger partial charge in [0.2, 0.25) is 5.91 Å². The van der Waals surface area contributed by atoms with Crippen LogP contribution < -0.4 is 5.32 Å². The molecule has 0 aliphatic rings. The molecule has 0 heterocycles. The molecule has 0 fully saturated rings. The fourth-order valence-electron chi connectivity index (χ4n) is 2.03. The largest absolute Gasteiger partial charge is 0.325 e. The summed E-state index contributed by atoms with van der Waals surface area (Å²) in [6, 6.07) is 12.1. The molecule has 2 aromatic rings. The number of hydrogen-bond donors (Lipinski definition) is 1. The van der Waals surface area contributed by atoms with Crippen LogP contribution in [0.5, 0.6) is 0 Å². The predicted octanol–water partition coefficient (Wildman–Crippen LogP) is 3.39. The third-order valence-corrected chi connectivity index (χ3v) is 3.32. The van der Waals surface area contributed by atoms with Crippen LogP contribution in [0.15, 0.2) is 42.5 Å². The highest BCUT2D eigenvalue weighted by Gasteiger charge is 2.12. The maximum absolute atomic E-state index is 12.1. The van der Waals surface area contributed by atoms with Crippen LogP contribution in [0, 0.1) is 24.0 Å². The third kappa shape index (κ3) is 3.66. The quantitative estimate of drug-likeness (QED) is 0.691. The van der Waals surface area contributed by atoms with Gasteiger partial charge >= 0.3 is 0 Å². The van der Waals surface area contributed by atoms with Gasteiger partial charge in [-0.15, -0.1) is 0 Å². The minimum atomic E-state index is -0.476. The lowest BCUT2D eigenvalue weighted by molar-refractivity contribution is -0.384. The fraction of sp³-hybridized carbons (Fsp3) is 0.188. The summed E-state index contributed by atoms with van der Waals surface area (Å²) in [5.74, 6) is -0.187. The number of nitro benzene ring substituents is 1. The zero-order chi connectivity index (χ0) is 15.4. The first-order valence-electron chi connectivity index (χ1n) is 6.57. The molecule has 0 saturated carbocycles. The van der Waals surface area contributed by atoms with Gasteiger partial charge in [0.25, 0.3) is 5.69 Å². The van der Waals surface area contributed by atoms with E-state index in [0.717, 1.165) is 16.7 Å². The third-order valence-electron chi connectivity index (χ3n) is 3.32. The topological polar surface area (TPSA) is 72.2 Å². The van der Waals surface area contributed by atoms with Crippen LogP contribution in [0.25, 0.3) is 0 Å². The smallest absolute Gasteiger partial charge is 0.271 e. The minimum Gasteiger partial charge on any atom is -0.325 e. The molecule has 0 aliphatic heterocycles. The average molecular weight is 284 g/mol. The van der Waals surface area contributed by atoms with E-state index in [1.165, 1.54) is 12.1 Å². The number of nitro groups is 1. The summed E-state index contributed by atoms with van der Waals surface area (Å²) in [6.07, 6.45) is 0.245. The molecular weight excluding hydrogens is 268 g/mol. The predicted molar refractivity (Wildman–Crippen MR) is 81.3 cm³/mol. The monoisotopic (exact) mass is 284 g/mol. The Morgan fingerprint density at radius 2 is 1.86 bits per heavy atom. The lowest BCUT2D eigenvalue weighted by Crippen LogP contribution is -2.15. The van der Waals surface area contributed by atoms with Crippen molar-refractivity contribution in [3.63, 3.8) is 0 Å². The Bertz CT molecular complexity index is 696. The zero-order valence-corrected chi connectivity index (χ0v) is 11.9. The van der Waals surface area contributed by atoms with E-state index in [9.17, 15) is 14.9 Å². The van der Waals surface area contributed by atoms with Gasteiger partial charge in [-0.25, -0.2) is 0 Å². The standard InChI is InChI=1S/C16H16N2O3/c1-11-5-3-4-6-13(11)9-16(19)17-15-10-14(18(20)21)8-7-12(15)2/h3-8,10H,9H2,1-2H3,(H,17,19). The lowest BCUT2D eigenvalue weighted by atomic mass is 10.1. The summed E-state index contributed by atoms with van der Waals surface area (Å²) in [6.45, 7) is 3.74. The van der Waals surface area contributed by atoms with E-state index >= 15 is 0 Å². The van der Waals surface area contributed by atoms with Crippen LogP contribution in [0.4, 0.5) is 11.4 Å². The molecular formula is C16H16N2O3. The van der Waals surface area contributed by atoms with Crippen molar-refractivity contribution in [1.82, 2.24) is 0 Å². The Balaban J connectivity index is 2.15. The minimum absolute atomic E-state index is 0.0354. The van der Waals surface area contributed by atoms with E-state index in [1.807, 2.05) is 31.2 Å². The second kappa shape index (κ2) is 6.17. The van der Waals surface area contributed by atoms with Crippen LogP contribution >= 0.6 is 0 Å². The first-order valence-corrected chi connectivity index (χ1v) is 6.57. The van der Waals surface area contributed by atoms with Crippen molar-refractivity contribution in [2.24, 2.45) is 0 Å². The van der Waals surface area contributed by atoms with Crippen molar-refractivity contribution < 1.29 is 9.72 Å². The van der Waals surface area contributed by atoms with Gasteiger partial charge in [0.15, 0.2) is 0 Å². The summed E-state index contributed by atoms with van der Waals surface area (Å²) in [7, 11) is 0. The number of nitrogens with zero attached hydrogens (tertiary/aromatic N) is 1. The van der Waals surface area contributed by atoms with Gasteiger partial charge in [0.1, 0.15) is 0 Å². The van der Waals surface area contributed by atoms with E-state index in [-0.39, 0.29) is 18.0 Å². The maximum Gasteiger partial charge on any atom is 0.271 e. The normalized spacial score (nSPS) is 10.2. The van der Waals surface area contributed by atoms with Crippen LogP contribution in [-0.2, 0) is 11.2 Å². The van der Waals surface area contributed by atoms with Crippen molar-refractivity contribution in [1.29, 1.82) is 0 Å². The molecule has 0 radical (unpaired) electrons. The molecule has 108 valence electrons. The van der Waals surface area contributed by atoms with E-state index in [2.05, 4.69) is 5.32 Å². The van der Waals surface area contributed by atoms with E-state index in [0.29, 0.717) is 5.69 Å². The maximum atomic E-state index is 12.1. The first kappa shape index (κ1) is 14.7. The second-order valence-corrected chi connectivity index (χ2v) is 4.91. The number of carbonyl (C=O) groups is 1. The van der Waals surface area contributed by atoms with Crippen molar-refractivity contribution in [2.45, 2.75) is 20.3 Å². The summed E-state index contributed by atoms with van der Waals surface area (Å²) < 4.78 is 0. The summed E-state index contributed by atoms with van der Waals surface area (Å²) in [5, 5.41) is 13.5. The second-order valence-electron chi connectivity index (χ2n) is 4.91. The Morgan fingerprint density at radius 1 is 1.14 bits per heavy atom. The molecule has 0 spiro atoms. The number of benzene rings is 2. The number of anilines is 1. The number of non-ortho nitro benzene ring substituents is 1. The van der Waals surface area contributed by atoms with Gasteiger partial charge in [-0.3, -0.25) is 14.9 Å². The Kier molecular flexibility index (Phi) is 4.33. The highest BCUT2D eigenvalue weighted by Crippen LogP contribution is 2.22. The molecule has 0 unspecified atom stereocenters. The molecule has 0 saturated heterocycles. The van der Waals surface area contributed by atoms with E-state index in [4.69, 9.17) is 0 Å². The van der Waals surface area contributed by atoms with Gasteiger partial charge in [0.05, 0.1) is 17.0 Å². The van der Waals surface area contributed by atoms with Gasteiger partial charge in [-0.2, -0.15) is 0 Å². The Labute approximate surface area is 122 Å².